The number of hydrogen-bond donors (Lipinski definition) is 2. The minimum absolute atomic E-state index is 0.0507. The standard InChI is InChI=1S/C17H19FN4O/c1-12-19-9-15(20-12)11-22(7-8-23)10-14-6-5-13-3-2-4-16(18)17(13)21-14/h2-6,9,23H,7-8,10-11H2,1H3,(H,19,20). The molecule has 0 radical (unpaired) electrons. The van der Waals surface area contributed by atoms with E-state index in [1.807, 2.05) is 30.0 Å². The number of para-hydroxylation sites is 1. The van der Waals surface area contributed by atoms with Gasteiger partial charge in [-0.1, -0.05) is 18.2 Å². The lowest BCUT2D eigenvalue weighted by Crippen LogP contribution is -2.26. The molecule has 2 N–H and O–H groups in total. The monoisotopic (exact) mass is 314 g/mol. The number of rotatable bonds is 6. The number of aliphatic hydroxyl groups is 1. The smallest absolute Gasteiger partial charge is 0.149 e. The van der Waals surface area contributed by atoms with Crippen molar-refractivity contribution in [1.82, 2.24) is 19.9 Å². The van der Waals surface area contributed by atoms with Crippen molar-refractivity contribution in [2.75, 3.05) is 13.2 Å². The van der Waals surface area contributed by atoms with Crippen LogP contribution >= 0.6 is 0 Å². The number of fused-ring (bicyclic) bond motifs is 1. The number of nitrogens with zero attached hydrogens (tertiary/aromatic N) is 3. The van der Waals surface area contributed by atoms with E-state index in [0.29, 0.717) is 25.2 Å². The SMILES string of the molecule is Cc1ncc(CN(CCO)Cc2ccc3cccc(F)c3n2)[nH]1. The first-order chi connectivity index (χ1) is 11.2. The van der Waals surface area contributed by atoms with Crippen molar-refractivity contribution in [3.8, 4) is 0 Å². The van der Waals surface area contributed by atoms with Crippen molar-refractivity contribution in [2.24, 2.45) is 0 Å². The van der Waals surface area contributed by atoms with Gasteiger partial charge in [0.05, 0.1) is 12.3 Å². The van der Waals surface area contributed by atoms with Crippen LogP contribution in [0.1, 0.15) is 17.2 Å². The van der Waals surface area contributed by atoms with Gasteiger partial charge in [0.2, 0.25) is 0 Å². The number of imidazole rings is 1. The molecule has 6 heteroatoms. The first kappa shape index (κ1) is 15.6. The maximum atomic E-state index is 13.9. The Morgan fingerprint density at radius 2 is 2.09 bits per heavy atom. The Labute approximate surface area is 133 Å². The predicted molar refractivity (Wildman–Crippen MR) is 86.2 cm³/mol. The second-order valence-electron chi connectivity index (χ2n) is 5.54. The van der Waals surface area contributed by atoms with E-state index in [1.165, 1.54) is 6.07 Å². The summed E-state index contributed by atoms with van der Waals surface area (Å²) in [6.07, 6.45) is 1.78. The molecule has 3 rings (SSSR count). The molecule has 1 aromatic carbocycles. The lowest BCUT2D eigenvalue weighted by Gasteiger charge is -2.20. The number of benzene rings is 1. The van der Waals surface area contributed by atoms with E-state index < -0.39 is 0 Å². The number of pyridine rings is 1. The zero-order valence-electron chi connectivity index (χ0n) is 13.0. The second kappa shape index (κ2) is 6.85. The van der Waals surface area contributed by atoms with Crippen LogP contribution in [-0.2, 0) is 13.1 Å². The van der Waals surface area contributed by atoms with Crippen molar-refractivity contribution in [2.45, 2.75) is 20.0 Å². The molecule has 0 atom stereocenters. The first-order valence-electron chi connectivity index (χ1n) is 7.53. The van der Waals surface area contributed by atoms with E-state index in [-0.39, 0.29) is 12.4 Å². The summed E-state index contributed by atoms with van der Waals surface area (Å²) in [5.74, 6) is 0.539. The molecule has 0 saturated heterocycles. The van der Waals surface area contributed by atoms with Crippen LogP contribution in [0.5, 0.6) is 0 Å². The van der Waals surface area contributed by atoms with Crippen LogP contribution < -0.4 is 0 Å². The summed E-state index contributed by atoms with van der Waals surface area (Å²) in [5.41, 5.74) is 2.13. The number of nitrogens with one attached hydrogen (secondary N) is 1. The summed E-state index contributed by atoms with van der Waals surface area (Å²) in [5, 5.41) is 10.0. The lowest BCUT2D eigenvalue weighted by atomic mass is 10.2. The number of halogens is 1. The van der Waals surface area contributed by atoms with Crippen LogP contribution in [0.3, 0.4) is 0 Å². The number of aromatic nitrogens is 3. The average molecular weight is 314 g/mol. The molecule has 0 bridgehead atoms. The summed E-state index contributed by atoms with van der Waals surface area (Å²) >= 11 is 0. The van der Waals surface area contributed by atoms with Crippen molar-refractivity contribution < 1.29 is 9.50 Å². The summed E-state index contributed by atoms with van der Waals surface area (Å²) in [4.78, 5) is 13.8. The highest BCUT2D eigenvalue weighted by Gasteiger charge is 2.10. The van der Waals surface area contributed by atoms with E-state index in [4.69, 9.17) is 0 Å². The van der Waals surface area contributed by atoms with Gasteiger partial charge >= 0.3 is 0 Å². The zero-order valence-corrected chi connectivity index (χ0v) is 13.0. The number of hydrogen-bond acceptors (Lipinski definition) is 4. The van der Waals surface area contributed by atoms with Crippen LogP contribution in [0.25, 0.3) is 10.9 Å². The van der Waals surface area contributed by atoms with Crippen molar-refractivity contribution in [1.29, 1.82) is 0 Å². The van der Waals surface area contributed by atoms with Gasteiger partial charge in [0.1, 0.15) is 17.2 Å². The highest BCUT2D eigenvalue weighted by Crippen LogP contribution is 2.17. The summed E-state index contributed by atoms with van der Waals surface area (Å²) < 4.78 is 13.9. The maximum absolute atomic E-state index is 13.9. The average Bonchev–Trinajstić information content (AvgIpc) is 2.93. The molecule has 2 aromatic heterocycles. The van der Waals surface area contributed by atoms with Gasteiger partial charge < -0.3 is 10.1 Å². The highest BCUT2D eigenvalue weighted by atomic mass is 19.1. The molecule has 0 aliphatic rings. The molecule has 0 fully saturated rings. The Balaban J connectivity index is 1.80. The molecule has 5 nitrogen and oxygen atoms in total. The number of aryl methyl sites for hydroxylation is 1. The number of H-pyrrole nitrogens is 1. The fourth-order valence-electron chi connectivity index (χ4n) is 2.62. The third-order valence-corrected chi connectivity index (χ3v) is 3.68. The molecule has 120 valence electrons. The van der Waals surface area contributed by atoms with E-state index in [0.717, 1.165) is 22.6 Å². The molecule has 23 heavy (non-hydrogen) atoms. The molecule has 0 aliphatic carbocycles. The van der Waals surface area contributed by atoms with Crippen LogP contribution in [0, 0.1) is 12.7 Å². The summed E-state index contributed by atoms with van der Waals surface area (Å²) in [7, 11) is 0. The van der Waals surface area contributed by atoms with Gasteiger partial charge in [0.25, 0.3) is 0 Å². The molecule has 0 amide bonds. The van der Waals surface area contributed by atoms with Crippen LogP contribution in [0.15, 0.2) is 36.5 Å². The van der Waals surface area contributed by atoms with Crippen molar-refractivity contribution in [3.63, 3.8) is 0 Å². The fourth-order valence-corrected chi connectivity index (χ4v) is 2.62. The van der Waals surface area contributed by atoms with Gasteiger partial charge in [0.15, 0.2) is 0 Å². The van der Waals surface area contributed by atoms with Gasteiger partial charge in [-0.05, 0) is 19.1 Å². The summed E-state index contributed by atoms with van der Waals surface area (Å²) in [6, 6.07) is 8.70. The lowest BCUT2D eigenvalue weighted by molar-refractivity contribution is 0.181. The van der Waals surface area contributed by atoms with Crippen LogP contribution in [0.2, 0.25) is 0 Å². The summed E-state index contributed by atoms with van der Waals surface area (Å²) in [6.45, 7) is 3.61. The van der Waals surface area contributed by atoms with E-state index >= 15 is 0 Å². The fraction of sp³-hybridized carbons (Fsp3) is 0.294. The number of aliphatic hydroxyl groups excluding tert-OH is 1. The van der Waals surface area contributed by atoms with Crippen molar-refractivity contribution in [3.05, 3.63) is 59.6 Å². The Hall–Kier alpha value is -2.31. The van der Waals surface area contributed by atoms with Crippen molar-refractivity contribution >= 4 is 10.9 Å². The van der Waals surface area contributed by atoms with E-state index in [2.05, 4.69) is 15.0 Å². The van der Waals surface area contributed by atoms with Gasteiger partial charge in [-0.15, -0.1) is 0 Å². The zero-order chi connectivity index (χ0) is 16.2. The third kappa shape index (κ3) is 3.72. The molecule has 2 heterocycles. The second-order valence-corrected chi connectivity index (χ2v) is 5.54. The maximum Gasteiger partial charge on any atom is 0.149 e. The first-order valence-corrected chi connectivity index (χ1v) is 7.53. The van der Waals surface area contributed by atoms with Gasteiger partial charge in [-0.3, -0.25) is 4.90 Å². The minimum Gasteiger partial charge on any atom is -0.395 e. The van der Waals surface area contributed by atoms with Gasteiger partial charge in [-0.2, -0.15) is 0 Å². The topological polar surface area (TPSA) is 65.0 Å². The van der Waals surface area contributed by atoms with Crippen LogP contribution in [0.4, 0.5) is 4.39 Å². The Kier molecular flexibility index (Phi) is 4.64. The van der Waals surface area contributed by atoms with E-state index in [9.17, 15) is 9.50 Å². The molecule has 0 unspecified atom stereocenters. The molecule has 0 spiro atoms. The Morgan fingerprint density at radius 3 is 2.83 bits per heavy atom. The minimum atomic E-state index is -0.317. The van der Waals surface area contributed by atoms with Gasteiger partial charge in [0, 0.05) is 36.9 Å². The van der Waals surface area contributed by atoms with E-state index in [1.54, 1.807) is 12.3 Å². The molecule has 3 aromatic rings. The normalized spacial score (nSPS) is 11.5. The highest BCUT2D eigenvalue weighted by molar-refractivity contribution is 5.79. The molecular formula is C17H19FN4O. The molecule has 0 saturated carbocycles. The third-order valence-electron chi connectivity index (χ3n) is 3.68. The predicted octanol–water partition coefficient (Wildman–Crippen LogP) is 2.40. The largest absolute Gasteiger partial charge is 0.395 e. The van der Waals surface area contributed by atoms with Gasteiger partial charge in [-0.25, -0.2) is 14.4 Å². The molecule has 0 aliphatic heterocycles. The molecular weight excluding hydrogens is 295 g/mol. The quantitative estimate of drug-likeness (QED) is 0.733. The van der Waals surface area contributed by atoms with Crippen LogP contribution in [-0.4, -0.2) is 38.1 Å². The Bertz CT molecular complexity index is 802. The Morgan fingerprint density at radius 1 is 1.22 bits per heavy atom. The number of aromatic amines is 1.